The zero-order chi connectivity index (χ0) is 18.0. The maximum atomic E-state index is 12.4. The van der Waals surface area contributed by atoms with Crippen LogP contribution in [0.3, 0.4) is 0 Å². The molecule has 7 heteroatoms. The summed E-state index contributed by atoms with van der Waals surface area (Å²) in [6, 6.07) is 1.89. The molecule has 7 nitrogen and oxygen atoms in total. The Hall–Kier alpha value is -1.63. The topological polar surface area (TPSA) is 65.7 Å². The van der Waals surface area contributed by atoms with Gasteiger partial charge in [-0.15, -0.1) is 0 Å². The van der Waals surface area contributed by atoms with Gasteiger partial charge in [0.05, 0.1) is 0 Å². The Bertz CT molecular complexity index is 694. The molecule has 5 aliphatic rings. The summed E-state index contributed by atoms with van der Waals surface area (Å²) in [4.78, 5) is 23.8. The van der Waals surface area contributed by atoms with Crippen molar-refractivity contribution in [2.24, 2.45) is 23.7 Å². The van der Waals surface area contributed by atoms with Crippen molar-refractivity contribution in [2.75, 3.05) is 38.1 Å². The highest BCUT2D eigenvalue weighted by atomic mass is 16.5. The number of piperidine rings is 3. The lowest BCUT2D eigenvalue weighted by Gasteiger charge is -2.51. The summed E-state index contributed by atoms with van der Waals surface area (Å²) in [5.41, 5.74) is 0. The van der Waals surface area contributed by atoms with E-state index >= 15 is 0 Å². The van der Waals surface area contributed by atoms with Crippen molar-refractivity contribution < 1.29 is 9.32 Å². The third kappa shape index (κ3) is 2.47. The number of carbonyl (C=O) groups excluding carboxylic acids is 1. The molecular weight excluding hydrogens is 330 g/mol. The largest absolute Gasteiger partial charge is 0.346 e. The molecular formula is C19H29N5O2. The molecule has 5 fully saturated rings. The predicted octanol–water partition coefficient (Wildman–Crippen LogP) is 1.39. The summed E-state index contributed by atoms with van der Waals surface area (Å²) in [6.45, 7) is 8.01. The van der Waals surface area contributed by atoms with E-state index < -0.39 is 0 Å². The summed E-state index contributed by atoms with van der Waals surface area (Å²) in [6.07, 6.45) is 3.72. The number of hydrogen-bond donors (Lipinski definition) is 0. The van der Waals surface area contributed by atoms with Crippen LogP contribution in [0.5, 0.6) is 0 Å². The first-order chi connectivity index (χ1) is 12.6. The molecule has 0 spiro atoms. The SMILES string of the molecule is CCN(C)C(=O)[C@@H]1[C@@H]2CN(C3CC4CCC3CN4c3nc(C)no3)C[C@@H]21. The van der Waals surface area contributed by atoms with Gasteiger partial charge < -0.3 is 14.3 Å². The third-order valence-corrected chi connectivity index (χ3v) is 7.39. The highest BCUT2D eigenvalue weighted by Gasteiger charge is 2.61. The van der Waals surface area contributed by atoms with Gasteiger partial charge in [0.2, 0.25) is 5.91 Å². The smallest absolute Gasteiger partial charge is 0.324 e. The number of aromatic nitrogens is 2. The number of likely N-dealkylation sites (tertiary alicyclic amines) is 1. The van der Waals surface area contributed by atoms with Crippen LogP contribution in [0.15, 0.2) is 4.52 Å². The summed E-state index contributed by atoms with van der Waals surface area (Å²) in [5, 5.41) is 3.96. The standard InChI is InChI=1S/C19H29N5O2/c1-4-22(3)18(25)17-14-9-23(10-15(14)17)16-7-13-6-5-12(16)8-24(13)19-20-11(2)21-26-19/h12-17H,4-10H2,1-3H3/t12?,13?,14-,15+,16?,17-. The monoisotopic (exact) mass is 359 g/mol. The number of amides is 1. The molecule has 2 aliphatic carbocycles. The Kier molecular flexibility index (Phi) is 3.78. The van der Waals surface area contributed by atoms with Crippen molar-refractivity contribution in [3.05, 3.63) is 5.82 Å². The highest BCUT2D eigenvalue weighted by Crippen LogP contribution is 2.54. The van der Waals surface area contributed by atoms with E-state index in [1.807, 2.05) is 18.9 Å². The number of nitrogens with zero attached hydrogens (tertiary/aromatic N) is 5. The van der Waals surface area contributed by atoms with Gasteiger partial charge in [-0.3, -0.25) is 9.69 Å². The van der Waals surface area contributed by atoms with Crippen molar-refractivity contribution in [1.82, 2.24) is 19.9 Å². The van der Waals surface area contributed by atoms with Gasteiger partial charge in [0, 0.05) is 51.2 Å². The number of carbonyl (C=O) groups is 1. The van der Waals surface area contributed by atoms with E-state index in [0.717, 1.165) is 26.2 Å². The number of fused-ring (bicyclic) bond motifs is 4. The van der Waals surface area contributed by atoms with Gasteiger partial charge in [-0.1, -0.05) is 5.16 Å². The first-order valence-corrected chi connectivity index (χ1v) is 10.1. The van der Waals surface area contributed by atoms with Gasteiger partial charge in [0.25, 0.3) is 0 Å². The van der Waals surface area contributed by atoms with Crippen LogP contribution in [0, 0.1) is 30.6 Å². The fourth-order valence-corrected chi connectivity index (χ4v) is 5.78. The first kappa shape index (κ1) is 16.5. The number of aryl methyl sites for hydroxylation is 1. The van der Waals surface area contributed by atoms with Crippen LogP contribution in [0.4, 0.5) is 6.01 Å². The van der Waals surface area contributed by atoms with E-state index in [9.17, 15) is 4.79 Å². The number of anilines is 1. The van der Waals surface area contributed by atoms with E-state index in [1.54, 1.807) is 0 Å². The maximum absolute atomic E-state index is 12.4. The Morgan fingerprint density at radius 2 is 2.04 bits per heavy atom. The van der Waals surface area contributed by atoms with E-state index in [4.69, 9.17) is 4.52 Å². The van der Waals surface area contributed by atoms with Crippen molar-refractivity contribution in [3.8, 4) is 0 Å². The summed E-state index contributed by atoms with van der Waals surface area (Å²) in [7, 11) is 1.93. The summed E-state index contributed by atoms with van der Waals surface area (Å²) < 4.78 is 5.42. The summed E-state index contributed by atoms with van der Waals surface area (Å²) >= 11 is 0. The fourth-order valence-electron chi connectivity index (χ4n) is 5.78. The molecule has 0 N–H and O–H groups in total. The Morgan fingerprint density at radius 3 is 2.62 bits per heavy atom. The molecule has 2 bridgehead atoms. The third-order valence-electron chi connectivity index (χ3n) is 7.39. The first-order valence-electron chi connectivity index (χ1n) is 10.1. The minimum Gasteiger partial charge on any atom is -0.346 e. The Morgan fingerprint density at radius 1 is 1.27 bits per heavy atom. The van der Waals surface area contributed by atoms with Crippen LogP contribution < -0.4 is 4.90 Å². The molecule has 1 aromatic rings. The number of rotatable bonds is 4. The van der Waals surface area contributed by atoms with Gasteiger partial charge in [-0.05, 0) is 50.9 Å². The van der Waals surface area contributed by atoms with Gasteiger partial charge in [-0.2, -0.15) is 4.98 Å². The van der Waals surface area contributed by atoms with E-state index in [2.05, 4.69) is 26.9 Å². The van der Waals surface area contributed by atoms with Crippen LogP contribution in [0.1, 0.15) is 32.0 Å². The quantitative estimate of drug-likeness (QED) is 0.809. The van der Waals surface area contributed by atoms with Gasteiger partial charge >= 0.3 is 6.01 Å². The fraction of sp³-hybridized carbons (Fsp3) is 0.842. The van der Waals surface area contributed by atoms with Crippen molar-refractivity contribution in [1.29, 1.82) is 0 Å². The molecule has 3 unspecified atom stereocenters. The van der Waals surface area contributed by atoms with Crippen molar-refractivity contribution in [2.45, 2.75) is 45.2 Å². The van der Waals surface area contributed by atoms with E-state index in [1.165, 1.54) is 19.3 Å². The summed E-state index contributed by atoms with van der Waals surface area (Å²) in [5.74, 6) is 3.26. The molecule has 3 saturated heterocycles. The van der Waals surface area contributed by atoms with Gasteiger partial charge in [0.15, 0.2) is 5.82 Å². The van der Waals surface area contributed by atoms with Crippen LogP contribution in [0.25, 0.3) is 0 Å². The zero-order valence-electron chi connectivity index (χ0n) is 16.0. The van der Waals surface area contributed by atoms with Crippen molar-refractivity contribution >= 4 is 11.9 Å². The second-order valence-corrected chi connectivity index (χ2v) is 8.73. The van der Waals surface area contributed by atoms with E-state index in [0.29, 0.717) is 53.5 Å². The van der Waals surface area contributed by atoms with Crippen LogP contribution in [-0.2, 0) is 4.79 Å². The lowest BCUT2D eigenvalue weighted by atomic mass is 9.75. The molecule has 26 heavy (non-hydrogen) atoms. The second-order valence-electron chi connectivity index (χ2n) is 8.73. The van der Waals surface area contributed by atoms with Crippen LogP contribution in [-0.4, -0.2) is 71.2 Å². The lowest BCUT2D eigenvalue weighted by molar-refractivity contribution is -0.132. The van der Waals surface area contributed by atoms with E-state index in [-0.39, 0.29) is 0 Å². The molecule has 3 aliphatic heterocycles. The minimum absolute atomic E-state index is 0.301. The average Bonchev–Trinajstić information content (AvgIpc) is 3.00. The minimum atomic E-state index is 0.301. The Balaban J connectivity index is 1.21. The predicted molar refractivity (Wildman–Crippen MR) is 96.7 cm³/mol. The molecule has 6 rings (SSSR count). The Labute approximate surface area is 154 Å². The zero-order valence-corrected chi connectivity index (χ0v) is 16.0. The van der Waals surface area contributed by atoms with Gasteiger partial charge in [-0.25, -0.2) is 0 Å². The molecule has 2 saturated carbocycles. The normalized spacial score (nSPS) is 38.5. The molecule has 1 amide bonds. The lowest BCUT2D eigenvalue weighted by Crippen LogP contribution is -2.59. The van der Waals surface area contributed by atoms with Crippen LogP contribution in [0.2, 0.25) is 0 Å². The molecule has 1 aromatic heterocycles. The average molecular weight is 359 g/mol. The van der Waals surface area contributed by atoms with Crippen molar-refractivity contribution in [3.63, 3.8) is 0 Å². The molecule has 4 heterocycles. The molecule has 142 valence electrons. The van der Waals surface area contributed by atoms with Crippen LogP contribution >= 0.6 is 0 Å². The number of hydrogen-bond acceptors (Lipinski definition) is 6. The molecule has 0 radical (unpaired) electrons. The maximum Gasteiger partial charge on any atom is 0.324 e. The van der Waals surface area contributed by atoms with Gasteiger partial charge in [0.1, 0.15) is 0 Å². The molecule has 0 aromatic carbocycles. The highest BCUT2D eigenvalue weighted by molar-refractivity contribution is 5.82. The molecule has 6 atom stereocenters. The second kappa shape index (κ2) is 5.94.